The highest BCUT2D eigenvalue weighted by atomic mass is 32.2. The summed E-state index contributed by atoms with van der Waals surface area (Å²) in [5, 5.41) is 1.97. The van der Waals surface area contributed by atoms with Crippen LogP contribution in [0.15, 0.2) is 17.5 Å². The maximum atomic E-state index is 12.9. The number of amides is 2. The Bertz CT molecular complexity index is 617. The van der Waals surface area contributed by atoms with E-state index in [4.69, 9.17) is 0 Å². The second kappa shape index (κ2) is 7.31. The second-order valence-corrected chi connectivity index (χ2v) is 9.79. The molecule has 2 amide bonds. The van der Waals surface area contributed by atoms with Gasteiger partial charge in [0.05, 0.1) is 9.75 Å². The van der Waals surface area contributed by atoms with Gasteiger partial charge in [-0.2, -0.15) is 0 Å². The van der Waals surface area contributed by atoms with Crippen LogP contribution in [0.3, 0.4) is 0 Å². The van der Waals surface area contributed by atoms with Gasteiger partial charge in [-0.1, -0.05) is 25.3 Å². The summed E-state index contributed by atoms with van der Waals surface area (Å²) in [5.74, 6) is 1.80. The molecule has 3 fully saturated rings. The Hall–Kier alpha value is -1.01. The molecular formula is C19H26N2O2S2. The number of rotatable bonds is 2. The maximum absolute atomic E-state index is 12.9. The van der Waals surface area contributed by atoms with Crippen LogP contribution in [0.5, 0.6) is 0 Å². The Labute approximate surface area is 157 Å². The summed E-state index contributed by atoms with van der Waals surface area (Å²) in [5.41, 5.74) is 0. The quantitative estimate of drug-likeness (QED) is 0.785. The average molecular weight is 379 g/mol. The molecule has 3 heterocycles. The Balaban J connectivity index is 1.41. The topological polar surface area (TPSA) is 40.6 Å². The predicted octanol–water partition coefficient (Wildman–Crippen LogP) is 3.84. The van der Waals surface area contributed by atoms with Crippen LogP contribution in [0.25, 0.3) is 0 Å². The van der Waals surface area contributed by atoms with Crippen LogP contribution in [-0.2, 0) is 4.79 Å². The van der Waals surface area contributed by atoms with Crippen molar-refractivity contribution in [2.24, 2.45) is 5.92 Å². The van der Waals surface area contributed by atoms with Gasteiger partial charge in [0, 0.05) is 31.3 Å². The molecule has 136 valence electrons. The molecule has 25 heavy (non-hydrogen) atoms. The van der Waals surface area contributed by atoms with Crippen molar-refractivity contribution in [1.82, 2.24) is 9.80 Å². The molecule has 0 atom stereocenters. The van der Waals surface area contributed by atoms with Crippen LogP contribution < -0.4 is 0 Å². The number of hydrogen-bond acceptors (Lipinski definition) is 4. The lowest BCUT2D eigenvalue weighted by molar-refractivity contribution is -0.138. The monoisotopic (exact) mass is 378 g/mol. The first kappa shape index (κ1) is 17.4. The van der Waals surface area contributed by atoms with E-state index in [-0.39, 0.29) is 16.7 Å². The Morgan fingerprint density at radius 3 is 2.52 bits per heavy atom. The zero-order valence-electron chi connectivity index (χ0n) is 14.6. The number of likely N-dealkylation sites (tertiary alicyclic amines) is 1. The number of carbonyl (C=O) groups is 2. The smallest absolute Gasteiger partial charge is 0.265 e. The van der Waals surface area contributed by atoms with Gasteiger partial charge in [0.2, 0.25) is 5.91 Å². The number of nitrogens with zero attached hydrogens (tertiary/aromatic N) is 2. The molecule has 0 bridgehead atoms. The van der Waals surface area contributed by atoms with Crippen molar-refractivity contribution in [3.8, 4) is 0 Å². The predicted molar refractivity (Wildman–Crippen MR) is 103 cm³/mol. The lowest BCUT2D eigenvalue weighted by Gasteiger charge is -2.44. The number of piperidine rings is 1. The van der Waals surface area contributed by atoms with E-state index in [1.54, 1.807) is 0 Å². The molecule has 2 aliphatic heterocycles. The molecule has 6 heteroatoms. The fourth-order valence-corrected chi connectivity index (χ4v) is 6.65. The van der Waals surface area contributed by atoms with Crippen LogP contribution in [-0.4, -0.2) is 51.9 Å². The molecular weight excluding hydrogens is 352 g/mol. The van der Waals surface area contributed by atoms with Crippen molar-refractivity contribution in [2.75, 3.05) is 25.4 Å². The van der Waals surface area contributed by atoms with Crippen LogP contribution in [0.4, 0.5) is 0 Å². The lowest BCUT2D eigenvalue weighted by atomic mass is 9.87. The van der Waals surface area contributed by atoms with E-state index < -0.39 is 0 Å². The normalized spacial score (nSPS) is 24.0. The van der Waals surface area contributed by atoms with E-state index in [9.17, 15) is 9.59 Å². The first-order chi connectivity index (χ1) is 12.2. The molecule has 1 aromatic rings. The molecule has 1 aliphatic carbocycles. The summed E-state index contributed by atoms with van der Waals surface area (Å²) >= 11 is 3.44. The minimum Gasteiger partial charge on any atom is -0.342 e. The van der Waals surface area contributed by atoms with Crippen molar-refractivity contribution < 1.29 is 9.59 Å². The van der Waals surface area contributed by atoms with Crippen molar-refractivity contribution in [2.45, 2.75) is 49.8 Å². The molecule has 4 nitrogen and oxygen atoms in total. The molecule has 4 rings (SSSR count). The number of thiophene rings is 1. The zero-order chi connectivity index (χ0) is 17.3. The highest BCUT2D eigenvalue weighted by molar-refractivity contribution is 8.00. The summed E-state index contributed by atoms with van der Waals surface area (Å²) in [7, 11) is 0. The van der Waals surface area contributed by atoms with Crippen molar-refractivity contribution in [1.29, 1.82) is 0 Å². The maximum Gasteiger partial charge on any atom is 0.265 e. The molecule has 0 unspecified atom stereocenters. The molecule has 2 saturated heterocycles. The molecule has 0 aromatic carbocycles. The third-order valence-electron chi connectivity index (χ3n) is 5.97. The molecule has 0 radical (unpaired) electrons. The second-order valence-electron chi connectivity index (χ2n) is 7.39. The summed E-state index contributed by atoms with van der Waals surface area (Å²) < 4.78 is 0. The summed E-state index contributed by atoms with van der Waals surface area (Å²) in [6.45, 7) is 2.44. The largest absolute Gasteiger partial charge is 0.342 e. The van der Waals surface area contributed by atoms with Gasteiger partial charge < -0.3 is 9.80 Å². The minimum atomic E-state index is -0.0928. The number of carbonyl (C=O) groups excluding carboxylic acids is 2. The van der Waals surface area contributed by atoms with Gasteiger partial charge in [-0.25, -0.2) is 0 Å². The van der Waals surface area contributed by atoms with E-state index in [0.717, 1.165) is 55.9 Å². The number of thioether (sulfide) groups is 1. The van der Waals surface area contributed by atoms with Crippen molar-refractivity contribution in [3.63, 3.8) is 0 Å². The SMILES string of the molecule is O=C(C1CCCCC1)N1CCC2(CC1)SCCN2C(=O)c1cccs1. The fraction of sp³-hybridized carbons (Fsp3) is 0.684. The molecule has 1 spiro atoms. The third kappa shape index (κ3) is 3.35. The summed E-state index contributed by atoms with van der Waals surface area (Å²) in [6, 6.07) is 3.87. The van der Waals surface area contributed by atoms with Crippen molar-refractivity contribution >= 4 is 34.9 Å². The standard InChI is InChI=1S/C19H26N2O2S2/c22-17(15-5-2-1-3-6-15)20-10-8-19(9-11-20)21(12-14-25-19)18(23)16-7-4-13-24-16/h4,7,13,15H,1-3,5-6,8-12,14H2. The number of hydrogen-bond donors (Lipinski definition) is 0. The van der Waals surface area contributed by atoms with Crippen LogP contribution in [0, 0.1) is 5.92 Å². The van der Waals surface area contributed by atoms with Gasteiger partial charge in [-0.3, -0.25) is 9.59 Å². The fourth-order valence-electron chi connectivity index (χ4n) is 4.53. The van der Waals surface area contributed by atoms with Gasteiger partial charge in [-0.15, -0.1) is 23.1 Å². The average Bonchev–Trinajstić information content (AvgIpc) is 3.33. The molecule has 3 aliphatic rings. The zero-order valence-corrected chi connectivity index (χ0v) is 16.2. The van der Waals surface area contributed by atoms with E-state index in [1.165, 1.54) is 30.6 Å². The van der Waals surface area contributed by atoms with Crippen LogP contribution in [0.2, 0.25) is 0 Å². The first-order valence-corrected chi connectivity index (χ1v) is 11.3. The van der Waals surface area contributed by atoms with E-state index >= 15 is 0 Å². The molecule has 1 saturated carbocycles. The highest BCUT2D eigenvalue weighted by Crippen LogP contribution is 2.45. The minimum absolute atomic E-state index is 0.0928. The van der Waals surface area contributed by atoms with E-state index in [1.807, 2.05) is 29.3 Å². The van der Waals surface area contributed by atoms with Gasteiger partial charge in [-0.05, 0) is 37.1 Å². The summed E-state index contributed by atoms with van der Waals surface area (Å²) in [4.78, 5) is 30.6. The van der Waals surface area contributed by atoms with Gasteiger partial charge in [0.15, 0.2) is 0 Å². The van der Waals surface area contributed by atoms with E-state index in [0.29, 0.717) is 5.91 Å². The Morgan fingerprint density at radius 1 is 1.08 bits per heavy atom. The summed E-state index contributed by atoms with van der Waals surface area (Å²) in [6.07, 6.45) is 7.64. The van der Waals surface area contributed by atoms with Crippen LogP contribution in [0.1, 0.15) is 54.6 Å². The van der Waals surface area contributed by atoms with E-state index in [2.05, 4.69) is 9.80 Å². The van der Waals surface area contributed by atoms with Crippen molar-refractivity contribution in [3.05, 3.63) is 22.4 Å². The first-order valence-electron chi connectivity index (χ1n) is 9.48. The third-order valence-corrected chi connectivity index (χ3v) is 8.38. The Morgan fingerprint density at radius 2 is 1.84 bits per heavy atom. The van der Waals surface area contributed by atoms with Crippen LogP contribution >= 0.6 is 23.1 Å². The highest BCUT2D eigenvalue weighted by Gasteiger charge is 2.47. The Kier molecular flexibility index (Phi) is 5.09. The molecule has 0 N–H and O–H groups in total. The van der Waals surface area contributed by atoms with Gasteiger partial charge in [0.25, 0.3) is 5.91 Å². The van der Waals surface area contributed by atoms with Gasteiger partial charge in [0.1, 0.15) is 0 Å². The molecule has 1 aromatic heterocycles. The lowest BCUT2D eigenvalue weighted by Crippen LogP contribution is -2.54. The van der Waals surface area contributed by atoms with Gasteiger partial charge >= 0.3 is 0 Å².